The van der Waals surface area contributed by atoms with Crippen LogP contribution in [0.5, 0.6) is 5.75 Å². The number of nitrogens with one attached hydrogen (secondary N) is 1. The van der Waals surface area contributed by atoms with Gasteiger partial charge in [-0.05, 0) is 18.1 Å². The number of rotatable bonds is 6. The molecule has 6 heteroatoms. The summed E-state index contributed by atoms with van der Waals surface area (Å²) in [4.78, 5) is 31.8. The van der Waals surface area contributed by atoms with Crippen LogP contribution in [0.1, 0.15) is 22.9 Å². The van der Waals surface area contributed by atoms with Gasteiger partial charge in [-0.3, -0.25) is 14.5 Å². The lowest BCUT2D eigenvalue weighted by Gasteiger charge is -2.39. The summed E-state index contributed by atoms with van der Waals surface area (Å²) in [5, 5.41) is 0. The maximum Gasteiger partial charge on any atom is 0.260 e. The van der Waals surface area contributed by atoms with Crippen LogP contribution in [-0.4, -0.2) is 53.5 Å². The lowest BCUT2D eigenvalue weighted by atomic mass is 9.96. The number of carbonyl (C=O) groups excluding carboxylic acids is 1. The number of hydrogen-bond acceptors (Lipinski definition) is 4. The molecule has 0 unspecified atom stereocenters. The van der Waals surface area contributed by atoms with Gasteiger partial charge in [0.15, 0.2) is 12.4 Å². The van der Waals surface area contributed by atoms with Crippen molar-refractivity contribution in [1.82, 2.24) is 14.8 Å². The highest BCUT2D eigenvalue weighted by Gasteiger charge is 2.28. The molecule has 1 aliphatic rings. The lowest BCUT2D eigenvalue weighted by Crippen LogP contribution is -2.51. The molecule has 0 bridgehead atoms. The molecule has 1 amide bonds. The van der Waals surface area contributed by atoms with E-state index in [0.717, 1.165) is 13.1 Å². The average Bonchev–Trinajstić information content (AvgIpc) is 2.81. The minimum Gasteiger partial charge on any atom is -0.478 e. The van der Waals surface area contributed by atoms with Gasteiger partial charge < -0.3 is 14.6 Å². The third kappa shape index (κ3) is 4.86. The first-order chi connectivity index (χ1) is 15.1. The molecule has 6 nitrogen and oxygen atoms in total. The SMILES string of the molecule is Cc1[nH]ccc(=O)c1OCC(=O)N1CCN(C(c2ccccc2)c2ccccc2)CC1. The fourth-order valence-corrected chi connectivity index (χ4v) is 4.09. The highest BCUT2D eigenvalue weighted by Crippen LogP contribution is 2.29. The number of aryl methyl sites for hydroxylation is 1. The number of aromatic amines is 1. The molecule has 3 aromatic rings. The van der Waals surface area contributed by atoms with Crippen LogP contribution in [0.4, 0.5) is 0 Å². The summed E-state index contributed by atoms with van der Waals surface area (Å²) in [5.41, 5.74) is 2.90. The molecule has 2 aromatic carbocycles. The van der Waals surface area contributed by atoms with Crippen LogP contribution >= 0.6 is 0 Å². The van der Waals surface area contributed by atoms with Gasteiger partial charge in [0, 0.05) is 38.4 Å². The number of pyridine rings is 1. The van der Waals surface area contributed by atoms with Gasteiger partial charge in [0.2, 0.25) is 5.43 Å². The van der Waals surface area contributed by atoms with E-state index in [0.29, 0.717) is 18.8 Å². The standard InChI is InChI=1S/C25H27N3O3/c1-19-25(22(29)12-13-26-19)31-18-23(30)27-14-16-28(17-15-27)24(20-8-4-2-5-9-20)21-10-6-3-7-11-21/h2-13,24H,14-18H2,1H3,(H,26,29). The van der Waals surface area contributed by atoms with Crippen molar-refractivity contribution in [3.8, 4) is 5.75 Å². The summed E-state index contributed by atoms with van der Waals surface area (Å²) >= 11 is 0. The Morgan fingerprint density at radius 1 is 0.935 bits per heavy atom. The van der Waals surface area contributed by atoms with Gasteiger partial charge >= 0.3 is 0 Å². The van der Waals surface area contributed by atoms with Crippen molar-refractivity contribution < 1.29 is 9.53 Å². The van der Waals surface area contributed by atoms with Crippen molar-refractivity contribution in [2.24, 2.45) is 0 Å². The van der Waals surface area contributed by atoms with Gasteiger partial charge in [-0.15, -0.1) is 0 Å². The van der Waals surface area contributed by atoms with E-state index in [2.05, 4.69) is 58.4 Å². The Morgan fingerprint density at radius 2 is 1.52 bits per heavy atom. The van der Waals surface area contributed by atoms with Crippen molar-refractivity contribution in [3.63, 3.8) is 0 Å². The molecule has 2 heterocycles. The van der Waals surface area contributed by atoms with Gasteiger partial charge in [0.1, 0.15) is 0 Å². The maximum absolute atomic E-state index is 12.7. The first kappa shape index (κ1) is 20.9. The normalized spacial score (nSPS) is 14.6. The van der Waals surface area contributed by atoms with E-state index in [1.54, 1.807) is 13.1 Å². The van der Waals surface area contributed by atoms with E-state index in [-0.39, 0.29) is 29.7 Å². The number of H-pyrrole nitrogens is 1. The zero-order valence-corrected chi connectivity index (χ0v) is 17.7. The van der Waals surface area contributed by atoms with E-state index < -0.39 is 0 Å². The molecule has 1 fully saturated rings. The predicted octanol–water partition coefficient (Wildman–Crippen LogP) is 3.00. The molecule has 0 spiro atoms. The van der Waals surface area contributed by atoms with Gasteiger partial charge in [0.05, 0.1) is 11.7 Å². The molecular weight excluding hydrogens is 390 g/mol. The van der Waals surface area contributed by atoms with Crippen molar-refractivity contribution in [1.29, 1.82) is 0 Å². The van der Waals surface area contributed by atoms with Gasteiger partial charge in [-0.25, -0.2) is 0 Å². The minimum absolute atomic E-state index is 0.0988. The number of ether oxygens (including phenoxy) is 1. The van der Waals surface area contributed by atoms with Crippen LogP contribution in [-0.2, 0) is 4.79 Å². The zero-order chi connectivity index (χ0) is 21.6. The summed E-state index contributed by atoms with van der Waals surface area (Å²) in [5.74, 6) is 0.112. The van der Waals surface area contributed by atoms with E-state index in [4.69, 9.17) is 4.74 Å². The first-order valence-corrected chi connectivity index (χ1v) is 10.6. The van der Waals surface area contributed by atoms with E-state index in [1.165, 1.54) is 17.2 Å². The molecule has 0 atom stereocenters. The fraction of sp³-hybridized carbons (Fsp3) is 0.280. The van der Waals surface area contributed by atoms with Crippen molar-refractivity contribution >= 4 is 5.91 Å². The van der Waals surface area contributed by atoms with Crippen LogP contribution in [0.25, 0.3) is 0 Å². The monoisotopic (exact) mass is 417 g/mol. The van der Waals surface area contributed by atoms with E-state index in [9.17, 15) is 9.59 Å². The number of benzene rings is 2. The zero-order valence-electron chi connectivity index (χ0n) is 17.7. The van der Waals surface area contributed by atoms with Crippen LogP contribution in [0.3, 0.4) is 0 Å². The molecule has 1 aromatic heterocycles. The van der Waals surface area contributed by atoms with Gasteiger partial charge in [-0.1, -0.05) is 60.7 Å². The fourth-order valence-electron chi connectivity index (χ4n) is 4.09. The van der Waals surface area contributed by atoms with Crippen molar-refractivity contribution in [2.75, 3.05) is 32.8 Å². The molecule has 1 saturated heterocycles. The summed E-state index contributed by atoms with van der Waals surface area (Å²) in [6.07, 6.45) is 1.57. The van der Waals surface area contributed by atoms with Crippen molar-refractivity contribution in [3.05, 3.63) is 100.0 Å². The number of piperazine rings is 1. The van der Waals surface area contributed by atoms with Crippen LogP contribution in [0.15, 0.2) is 77.7 Å². The highest BCUT2D eigenvalue weighted by atomic mass is 16.5. The number of amides is 1. The molecule has 160 valence electrons. The molecule has 0 radical (unpaired) electrons. The quantitative estimate of drug-likeness (QED) is 0.670. The topological polar surface area (TPSA) is 65.6 Å². The Hall–Kier alpha value is -3.38. The summed E-state index contributed by atoms with van der Waals surface area (Å²) in [6.45, 7) is 4.42. The molecule has 1 aliphatic heterocycles. The third-order valence-electron chi connectivity index (χ3n) is 5.70. The second kappa shape index (κ2) is 9.62. The molecule has 0 saturated carbocycles. The van der Waals surface area contributed by atoms with Crippen LogP contribution < -0.4 is 10.2 Å². The second-order valence-electron chi connectivity index (χ2n) is 7.73. The Kier molecular flexibility index (Phi) is 6.48. The van der Waals surface area contributed by atoms with Crippen LogP contribution in [0.2, 0.25) is 0 Å². The first-order valence-electron chi connectivity index (χ1n) is 10.6. The van der Waals surface area contributed by atoms with Gasteiger partial charge in [0.25, 0.3) is 5.91 Å². The largest absolute Gasteiger partial charge is 0.478 e. The summed E-state index contributed by atoms with van der Waals surface area (Å²) in [7, 11) is 0. The molecular formula is C25H27N3O3. The lowest BCUT2D eigenvalue weighted by molar-refractivity contribution is -0.135. The smallest absolute Gasteiger partial charge is 0.260 e. The Morgan fingerprint density at radius 3 is 2.06 bits per heavy atom. The highest BCUT2D eigenvalue weighted by molar-refractivity contribution is 5.78. The van der Waals surface area contributed by atoms with Gasteiger partial charge in [-0.2, -0.15) is 0 Å². The summed E-state index contributed by atoms with van der Waals surface area (Å²) in [6, 6.07) is 22.5. The summed E-state index contributed by atoms with van der Waals surface area (Å²) < 4.78 is 5.55. The molecule has 0 aliphatic carbocycles. The molecule has 4 rings (SSSR count). The predicted molar refractivity (Wildman–Crippen MR) is 120 cm³/mol. The maximum atomic E-state index is 12.7. The number of nitrogens with zero attached hydrogens (tertiary/aromatic N) is 2. The minimum atomic E-state index is -0.220. The Balaban J connectivity index is 1.41. The van der Waals surface area contributed by atoms with Crippen LogP contribution in [0, 0.1) is 6.92 Å². The van der Waals surface area contributed by atoms with E-state index >= 15 is 0 Å². The number of aromatic nitrogens is 1. The Bertz CT molecular complexity index is 1020. The van der Waals surface area contributed by atoms with Crippen molar-refractivity contribution in [2.45, 2.75) is 13.0 Å². The molecule has 31 heavy (non-hydrogen) atoms. The Labute approximate surface area is 182 Å². The van der Waals surface area contributed by atoms with E-state index in [1.807, 2.05) is 17.0 Å². The molecule has 1 N–H and O–H groups in total. The average molecular weight is 418 g/mol. The number of hydrogen-bond donors (Lipinski definition) is 1. The second-order valence-corrected chi connectivity index (χ2v) is 7.73. The third-order valence-corrected chi connectivity index (χ3v) is 5.70. The number of carbonyl (C=O) groups is 1.